The van der Waals surface area contributed by atoms with Crippen molar-refractivity contribution < 1.29 is 5.11 Å². The number of hydrogen-bond acceptors (Lipinski definition) is 6. The van der Waals surface area contributed by atoms with Gasteiger partial charge in [-0.25, -0.2) is 9.97 Å². The van der Waals surface area contributed by atoms with Crippen molar-refractivity contribution in [2.45, 2.75) is 45.2 Å². The molecule has 31 heavy (non-hydrogen) atoms. The molecule has 0 amide bonds. The van der Waals surface area contributed by atoms with Crippen molar-refractivity contribution in [3.8, 4) is 17.1 Å². The van der Waals surface area contributed by atoms with Crippen molar-refractivity contribution in [2.24, 2.45) is 7.05 Å². The second-order valence-electron chi connectivity index (χ2n) is 9.12. The number of benzene rings is 1. The average Bonchev–Trinajstić information content (AvgIpc) is 3.10. The van der Waals surface area contributed by atoms with Crippen molar-refractivity contribution in [2.75, 3.05) is 6.54 Å². The highest BCUT2D eigenvalue weighted by Crippen LogP contribution is 2.35. The van der Waals surface area contributed by atoms with Gasteiger partial charge in [0.25, 0.3) is 5.56 Å². The maximum absolute atomic E-state index is 13.2. The Morgan fingerprint density at radius 1 is 1.32 bits per heavy atom. The number of phenols is 1. The van der Waals surface area contributed by atoms with Crippen LogP contribution in [0.5, 0.6) is 5.75 Å². The molecule has 8 nitrogen and oxygen atoms in total. The van der Waals surface area contributed by atoms with E-state index in [0.717, 1.165) is 30.3 Å². The van der Waals surface area contributed by atoms with Gasteiger partial charge in [-0.15, -0.1) is 0 Å². The van der Waals surface area contributed by atoms with Gasteiger partial charge in [-0.2, -0.15) is 5.10 Å². The maximum atomic E-state index is 13.2. The minimum absolute atomic E-state index is 0.00199. The van der Waals surface area contributed by atoms with Gasteiger partial charge in [-0.1, -0.05) is 0 Å². The minimum Gasteiger partial charge on any atom is -0.507 e. The third kappa shape index (κ3) is 3.27. The number of fused-ring (bicyclic) bond motifs is 2. The van der Waals surface area contributed by atoms with Crippen LogP contribution in [-0.2, 0) is 7.05 Å². The van der Waals surface area contributed by atoms with Crippen molar-refractivity contribution >= 4 is 21.8 Å². The van der Waals surface area contributed by atoms with Gasteiger partial charge in [0.2, 0.25) is 0 Å². The minimum atomic E-state index is -0.0742. The molecular weight excluding hydrogens is 392 g/mol. The molecular formula is C23H26N6O2. The quantitative estimate of drug-likeness (QED) is 0.519. The molecule has 5 rings (SSSR count). The topological polar surface area (TPSA) is 97.9 Å². The summed E-state index contributed by atoms with van der Waals surface area (Å²) in [4.78, 5) is 22.2. The van der Waals surface area contributed by atoms with Gasteiger partial charge in [0.1, 0.15) is 5.75 Å². The summed E-state index contributed by atoms with van der Waals surface area (Å²) in [7, 11) is 1.84. The Balaban J connectivity index is 1.60. The van der Waals surface area contributed by atoms with E-state index < -0.39 is 0 Å². The molecule has 1 atom stereocenters. The second kappa shape index (κ2) is 6.88. The monoisotopic (exact) mass is 418 g/mol. The van der Waals surface area contributed by atoms with E-state index in [0.29, 0.717) is 27.9 Å². The van der Waals surface area contributed by atoms with Crippen LogP contribution in [0.2, 0.25) is 0 Å². The molecule has 0 aliphatic carbocycles. The lowest BCUT2D eigenvalue weighted by Crippen LogP contribution is -2.47. The fourth-order valence-electron chi connectivity index (χ4n) is 4.65. The summed E-state index contributed by atoms with van der Waals surface area (Å²) in [5, 5.41) is 20.0. The molecule has 4 heterocycles. The predicted molar refractivity (Wildman–Crippen MR) is 120 cm³/mol. The van der Waals surface area contributed by atoms with Gasteiger partial charge in [-0.3, -0.25) is 9.48 Å². The standard InChI is InChI=1S/C23H26N6O2/c1-13-19-14(12-28(4)27-19)9-16(20(13)30)21-24-11-17-18(26-21)6-8-29(22(17)31)15-5-7-25-23(2,3)10-15/h6,8-9,11-12,15,25,30H,5,7,10H2,1-4H3. The molecule has 0 radical (unpaired) electrons. The van der Waals surface area contributed by atoms with Crippen LogP contribution in [0.3, 0.4) is 0 Å². The molecule has 1 fully saturated rings. The first kappa shape index (κ1) is 19.7. The van der Waals surface area contributed by atoms with Crippen LogP contribution in [0.1, 0.15) is 38.3 Å². The Morgan fingerprint density at radius 2 is 2.13 bits per heavy atom. The number of aromatic hydroxyl groups is 1. The number of piperidine rings is 1. The highest BCUT2D eigenvalue weighted by molar-refractivity contribution is 5.90. The molecule has 160 valence electrons. The summed E-state index contributed by atoms with van der Waals surface area (Å²) in [6, 6.07) is 3.85. The zero-order valence-corrected chi connectivity index (χ0v) is 18.2. The number of phenolic OH excluding ortho intramolecular Hbond substituents is 1. The molecule has 4 aromatic rings. The van der Waals surface area contributed by atoms with E-state index in [4.69, 9.17) is 0 Å². The van der Waals surface area contributed by atoms with E-state index in [1.54, 1.807) is 10.9 Å². The van der Waals surface area contributed by atoms with Crippen molar-refractivity contribution in [1.82, 2.24) is 29.6 Å². The summed E-state index contributed by atoms with van der Waals surface area (Å²) >= 11 is 0. The summed E-state index contributed by atoms with van der Waals surface area (Å²) in [5.41, 5.74) is 2.46. The first-order valence-corrected chi connectivity index (χ1v) is 10.5. The molecule has 2 N–H and O–H groups in total. The Morgan fingerprint density at radius 3 is 2.90 bits per heavy atom. The van der Waals surface area contributed by atoms with Crippen LogP contribution < -0.4 is 10.9 Å². The summed E-state index contributed by atoms with van der Waals surface area (Å²) < 4.78 is 3.53. The highest BCUT2D eigenvalue weighted by atomic mass is 16.3. The van der Waals surface area contributed by atoms with Crippen LogP contribution in [0.4, 0.5) is 0 Å². The summed E-state index contributed by atoms with van der Waals surface area (Å²) in [6.45, 7) is 7.03. The number of pyridine rings is 1. The Labute approximate surface area is 179 Å². The SMILES string of the molecule is Cc1c(O)c(-c2ncc3c(=O)n(C4CCNC(C)(C)C4)ccc3n2)cc2cn(C)nc12. The Bertz CT molecular complexity index is 1380. The third-order valence-corrected chi connectivity index (χ3v) is 6.26. The summed E-state index contributed by atoms with van der Waals surface area (Å²) in [6.07, 6.45) is 7.10. The normalized spacial score (nSPS) is 18.6. The fraction of sp³-hybridized carbons (Fsp3) is 0.391. The van der Waals surface area contributed by atoms with Gasteiger partial charge in [0.05, 0.1) is 22.0 Å². The molecule has 0 bridgehead atoms. The van der Waals surface area contributed by atoms with Gasteiger partial charge < -0.3 is 15.0 Å². The van der Waals surface area contributed by atoms with Crippen LogP contribution in [-0.4, -0.2) is 41.5 Å². The van der Waals surface area contributed by atoms with E-state index in [1.807, 2.05) is 43.1 Å². The lowest BCUT2D eigenvalue weighted by Gasteiger charge is -2.37. The van der Waals surface area contributed by atoms with Gasteiger partial charge in [-0.05, 0) is 52.3 Å². The van der Waals surface area contributed by atoms with Crippen LogP contribution in [0.15, 0.2) is 35.5 Å². The Hall–Kier alpha value is -3.26. The second-order valence-corrected chi connectivity index (χ2v) is 9.12. The van der Waals surface area contributed by atoms with E-state index in [2.05, 4.69) is 34.2 Å². The number of aryl methyl sites for hydroxylation is 2. The van der Waals surface area contributed by atoms with Crippen LogP contribution >= 0.6 is 0 Å². The van der Waals surface area contributed by atoms with Crippen molar-refractivity contribution in [1.29, 1.82) is 0 Å². The maximum Gasteiger partial charge on any atom is 0.261 e. The zero-order valence-electron chi connectivity index (χ0n) is 18.2. The summed E-state index contributed by atoms with van der Waals surface area (Å²) in [5.74, 6) is 0.495. The fourth-order valence-corrected chi connectivity index (χ4v) is 4.65. The first-order valence-electron chi connectivity index (χ1n) is 10.5. The Kier molecular flexibility index (Phi) is 4.37. The molecule has 1 saturated heterocycles. The number of nitrogens with zero attached hydrogens (tertiary/aromatic N) is 5. The van der Waals surface area contributed by atoms with E-state index in [-0.39, 0.29) is 22.9 Å². The predicted octanol–water partition coefficient (Wildman–Crippen LogP) is 3.06. The van der Waals surface area contributed by atoms with Gasteiger partial charge in [0.15, 0.2) is 5.82 Å². The van der Waals surface area contributed by atoms with E-state index >= 15 is 0 Å². The van der Waals surface area contributed by atoms with Crippen molar-refractivity contribution in [3.05, 3.63) is 46.6 Å². The molecule has 1 unspecified atom stereocenters. The number of rotatable bonds is 2. The lowest BCUT2D eigenvalue weighted by atomic mass is 9.89. The molecule has 1 aliphatic heterocycles. The molecule has 0 saturated carbocycles. The average molecular weight is 419 g/mol. The third-order valence-electron chi connectivity index (χ3n) is 6.26. The lowest BCUT2D eigenvalue weighted by molar-refractivity contribution is 0.229. The van der Waals surface area contributed by atoms with E-state index in [1.165, 1.54) is 0 Å². The van der Waals surface area contributed by atoms with E-state index in [9.17, 15) is 9.90 Å². The number of hydrogen-bond donors (Lipinski definition) is 2. The smallest absolute Gasteiger partial charge is 0.261 e. The highest BCUT2D eigenvalue weighted by Gasteiger charge is 2.29. The molecule has 1 aliphatic rings. The molecule has 8 heteroatoms. The van der Waals surface area contributed by atoms with Gasteiger partial charge >= 0.3 is 0 Å². The van der Waals surface area contributed by atoms with Crippen LogP contribution in [0.25, 0.3) is 33.2 Å². The van der Waals surface area contributed by atoms with Crippen molar-refractivity contribution in [3.63, 3.8) is 0 Å². The largest absolute Gasteiger partial charge is 0.507 e. The molecule has 1 aromatic carbocycles. The molecule has 3 aromatic heterocycles. The zero-order chi connectivity index (χ0) is 21.9. The molecule has 0 spiro atoms. The first-order chi connectivity index (χ1) is 14.7. The number of nitrogens with one attached hydrogen (secondary N) is 1. The van der Waals surface area contributed by atoms with Crippen LogP contribution in [0, 0.1) is 6.92 Å². The number of aromatic nitrogens is 5. The van der Waals surface area contributed by atoms with Gasteiger partial charge in [0, 0.05) is 48.2 Å².